The van der Waals surface area contributed by atoms with Crippen LogP contribution < -0.4 is 0 Å². The molecule has 1 N–H and O–H groups in total. The SMILES string of the molecule is CC(O)(Cc1ccc(Br)cc1)Cc1ccc(F)cc1Cl. The first-order chi connectivity index (χ1) is 9.35. The summed E-state index contributed by atoms with van der Waals surface area (Å²) in [7, 11) is 0. The highest BCUT2D eigenvalue weighted by atomic mass is 79.9. The Morgan fingerprint density at radius 2 is 1.80 bits per heavy atom. The Morgan fingerprint density at radius 3 is 2.40 bits per heavy atom. The number of aliphatic hydroxyl groups is 1. The smallest absolute Gasteiger partial charge is 0.124 e. The number of rotatable bonds is 4. The molecule has 0 radical (unpaired) electrons. The van der Waals surface area contributed by atoms with Crippen molar-refractivity contribution >= 4 is 27.5 Å². The third-order valence-corrected chi connectivity index (χ3v) is 3.97. The van der Waals surface area contributed by atoms with Gasteiger partial charge in [0, 0.05) is 22.3 Å². The molecular weight excluding hydrogens is 343 g/mol. The number of halogens is 3. The third-order valence-electron chi connectivity index (χ3n) is 3.08. The molecule has 0 aliphatic rings. The molecule has 106 valence electrons. The van der Waals surface area contributed by atoms with E-state index in [9.17, 15) is 9.50 Å². The van der Waals surface area contributed by atoms with Gasteiger partial charge in [0.1, 0.15) is 5.82 Å². The average Bonchev–Trinajstić information content (AvgIpc) is 2.35. The molecule has 0 aliphatic heterocycles. The molecule has 0 aliphatic carbocycles. The quantitative estimate of drug-likeness (QED) is 0.835. The summed E-state index contributed by atoms with van der Waals surface area (Å²) in [4.78, 5) is 0. The van der Waals surface area contributed by atoms with Gasteiger partial charge in [-0.2, -0.15) is 0 Å². The van der Waals surface area contributed by atoms with Crippen molar-refractivity contribution in [1.82, 2.24) is 0 Å². The highest BCUT2D eigenvalue weighted by Crippen LogP contribution is 2.25. The van der Waals surface area contributed by atoms with Crippen LogP contribution in [0.2, 0.25) is 5.02 Å². The Labute approximate surface area is 131 Å². The van der Waals surface area contributed by atoms with Crippen LogP contribution in [0.25, 0.3) is 0 Å². The zero-order valence-corrected chi connectivity index (χ0v) is 13.4. The van der Waals surface area contributed by atoms with Gasteiger partial charge in [-0.3, -0.25) is 0 Å². The fourth-order valence-corrected chi connectivity index (χ4v) is 2.68. The molecule has 1 atom stereocenters. The van der Waals surface area contributed by atoms with Gasteiger partial charge in [-0.05, 0) is 42.3 Å². The predicted molar refractivity (Wildman–Crippen MR) is 83.6 cm³/mol. The summed E-state index contributed by atoms with van der Waals surface area (Å²) in [6.07, 6.45) is 0.885. The molecule has 0 bridgehead atoms. The monoisotopic (exact) mass is 356 g/mol. The lowest BCUT2D eigenvalue weighted by Gasteiger charge is -2.24. The Kier molecular flexibility index (Phi) is 4.84. The summed E-state index contributed by atoms with van der Waals surface area (Å²) in [5.41, 5.74) is 0.849. The number of hydrogen-bond donors (Lipinski definition) is 1. The molecule has 20 heavy (non-hydrogen) atoms. The molecule has 0 aromatic heterocycles. The first-order valence-electron chi connectivity index (χ1n) is 6.26. The van der Waals surface area contributed by atoms with Crippen LogP contribution in [0, 0.1) is 5.82 Å². The zero-order valence-electron chi connectivity index (χ0n) is 11.0. The van der Waals surface area contributed by atoms with E-state index in [2.05, 4.69) is 15.9 Å². The second-order valence-electron chi connectivity index (χ2n) is 5.21. The molecule has 1 nitrogen and oxygen atoms in total. The molecule has 0 fully saturated rings. The standard InChI is InChI=1S/C16H15BrClFO/c1-16(20,9-11-2-5-13(17)6-3-11)10-12-4-7-14(19)8-15(12)18/h2-8,20H,9-10H2,1H3. The van der Waals surface area contributed by atoms with Crippen LogP contribution in [0.5, 0.6) is 0 Å². The molecule has 4 heteroatoms. The van der Waals surface area contributed by atoms with Crippen LogP contribution in [-0.4, -0.2) is 10.7 Å². The highest BCUT2D eigenvalue weighted by Gasteiger charge is 2.23. The molecule has 1 unspecified atom stereocenters. The van der Waals surface area contributed by atoms with Gasteiger partial charge in [0.15, 0.2) is 0 Å². The predicted octanol–water partition coefficient (Wildman–Crippen LogP) is 4.78. The van der Waals surface area contributed by atoms with Crippen molar-refractivity contribution in [3.8, 4) is 0 Å². The summed E-state index contributed by atoms with van der Waals surface area (Å²) in [6, 6.07) is 12.1. The highest BCUT2D eigenvalue weighted by molar-refractivity contribution is 9.10. The summed E-state index contributed by atoms with van der Waals surface area (Å²) >= 11 is 9.38. The molecular formula is C16H15BrClFO. The van der Waals surface area contributed by atoms with Gasteiger partial charge in [0.25, 0.3) is 0 Å². The van der Waals surface area contributed by atoms with E-state index >= 15 is 0 Å². The summed E-state index contributed by atoms with van der Waals surface area (Å²) < 4.78 is 14.0. The van der Waals surface area contributed by atoms with Crippen molar-refractivity contribution in [3.05, 3.63) is 68.9 Å². The second-order valence-corrected chi connectivity index (χ2v) is 6.54. The van der Waals surface area contributed by atoms with E-state index in [0.29, 0.717) is 17.9 Å². The topological polar surface area (TPSA) is 20.2 Å². The van der Waals surface area contributed by atoms with E-state index in [1.165, 1.54) is 12.1 Å². The molecule has 0 saturated heterocycles. The van der Waals surface area contributed by atoms with Crippen LogP contribution >= 0.6 is 27.5 Å². The second kappa shape index (κ2) is 6.25. The first-order valence-corrected chi connectivity index (χ1v) is 7.44. The first kappa shape index (κ1) is 15.5. The van der Waals surface area contributed by atoms with E-state index < -0.39 is 5.60 Å². The van der Waals surface area contributed by atoms with Gasteiger partial charge >= 0.3 is 0 Å². The van der Waals surface area contributed by atoms with Gasteiger partial charge in [-0.1, -0.05) is 45.7 Å². The minimum Gasteiger partial charge on any atom is -0.389 e. The molecule has 0 amide bonds. The van der Waals surface area contributed by atoms with Crippen LogP contribution in [0.1, 0.15) is 18.1 Å². The minimum absolute atomic E-state index is 0.348. The van der Waals surface area contributed by atoms with E-state index in [0.717, 1.165) is 15.6 Å². The summed E-state index contributed by atoms with van der Waals surface area (Å²) in [6.45, 7) is 1.76. The van der Waals surface area contributed by atoms with E-state index in [-0.39, 0.29) is 5.82 Å². The minimum atomic E-state index is -0.935. The van der Waals surface area contributed by atoms with E-state index in [4.69, 9.17) is 11.6 Å². The largest absolute Gasteiger partial charge is 0.389 e. The van der Waals surface area contributed by atoms with Crippen molar-refractivity contribution in [2.24, 2.45) is 0 Å². The molecule has 0 heterocycles. The summed E-state index contributed by atoms with van der Waals surface area (Å²) in [5, 5.41) is 10.9. The van der Waals surface area contributed by atoms with Crippen LogP contribution in [-0.2, 0) is 12.8 Å². The van der Waals surface area contributed by atoms with Crippen molar-refractivity contribution in [1.29, 1.82) is 0 Å². The van der Waals surface area contributed by atoms with Crippen LogP contribution in [0.15, 0.2) is 46.9 Å². The third kappa shape index (κ3) is 4.30. The average molecular weight is 358 g/mol. The van der Waals surface area contributed by atoms with E-state index in [1.54, 1.807) is 13.0 Å². The molecule has 2 aromatic carbocycles. The van der Waals surface area contributed by atoms with Gasteiger partial charge in [-0.25, -0.2) is 4.39 Å². The maximum atomic E-state index is 13.0. The maximum Gasteiger partial charge on any atom is 0.124 e. The van der Waals surface area contributed by atoms with Crippen LogP contribution in [0.3, 0.4) is 0 Å². The Bertz CT molecular complexity index is 596. The fourth-order valence-electron chi connectivity index (χ4n) is 2.18. The lowest BCUT2D eigenvalue weighted by molar-refractivity contribution is 0.0608. The number of benzene rings is 2. The fraction of sp³-hybridized carbons (Fsp3) is 0.250. The zero-order chi connectivity index (χ0) is 14.8. The van der Waals surface area contributed by atoms with Crippen LogP contribution in [0.4, 0.5) is 4.39 Å². The molecule has 0 spiro atoms. The van der Waals surface area contributed by atoms with Crippen molar-refractivity contribution < 1.29 is 9.50 Å². The Morgan fingerprint density at radius 1 is 1.15 bits per heavy atom. The molecule has 2 aromatic rings. The maximum absolute atomic E-state index is 13.0. The van der Waals surface area contributed by atoms with Gasteiger partial charge in [0.05, 0.1) is 5.60 Å². The van der Waals surface area contributed by atoms with Crippen molar-refractivity contribution in [3.63, 3.8) is 0 Å². The lowest BCUT2D eigenvalue weighted by Crippen LogP contribution is -2.30. The van der Waals surface area contributed by atoms with Gasteiger partial charge < -0.3 is 5.11 Å². The van der Waals surface area contributed by atoms with Gasteiger partial charge in [-0.15, -0.1) is 0 Å². The van der Waals surface area contributed by atoms with Crippen molar-refractivity contribution in [2.75, 3.05) is 0 Å². The Balaban J connectivity index is 2.12. The number of hydrogen-bond acceptors (Lipinski definition) is 1. The Hall–Kier alpha value is -0.900. The van der Waals surface area contributed by atoms with Crippen molar-refractivity contribution in [2.45, 2.75) is 25.4 Å². The normalized spacial score (nSPS) is 14.1. The molecule has 0 saturated carbocycles. The van der Waals surface area contributed by atoms with Gasteiger partial charge in [0.2, 0.25) is 0 Å². The lowest BCUT2D eigenvalue weighted by atomic mass is 9.90. The molecule has 2 rings (SSSR count). The van der Waals surface area contributed by atoms with E-state index in [1.807, 2.05) is 24.3 Å². The summed E-state index contributed by atoms with van der Waals surface area (Å²) in [5.74, 6) is -0.369.